The predicted octanol–water partition coefficient (Wildman–Crippen LogP) is 1.95. The molecule has 2 aromatic rings. The Morgan fingerprint density at radius 2 is 1.97 bits per heavy atom. The van der Waals surface area contributed by atoms with Gasteiger partial charge in [0.1, 0.15) is 5.75 Å². The van der Waals surface area contributed by atoms with Crippen LogP contribution in [0.5, 0.6) is 5.75 Å². The molecule has 2 heterocycles. The minimum absolute atomic E-state index is 0.0844. The van der Waals surface area contributed by atoms with Gasteiger partial charge in [-0.05, 0) is 30.5 Å². The number of carbonyl (C=O) groups excluding carboxylic acids is 2. The molecule has 0 spiro atoms. The van der Waals surface area contributed by atoms with Gasteiger partial charge in [0.15, 0.2) is 0 Å². The first-order valence-electron chi connectivity index (χ1n) is 11.4. The standard InChI is InChI=1S/C25H32N4O3/c1-32-23-10-5-3-8-20(23)18-29-16-13-27-25(31)22(29)17-24(30)26-12-6-14-28-15-11-19-7-2-4-9-21(19)28/h2-5,7-10,22H,6,11-18H2,1H3,(H,26,30)(H,27,31)/t22-/m1/s1. The van der Waals surface area contributed by atoms with E-state index < -0.39 is 6.04 Å². The Hall–Kier alpha value is -3.06. The lowest BCUT2D eigenvalue weighted by atomic mass is 10.1. The van der Waals surface area contributed by atoms with E-state index in [1.54, 1.807) is 7.11 Å². The van der Waals surface area contributed by atoms with Crippen molar-refractivity contribution >= 4 is 17.5 Å². The van der Waals surface area contributed by atoms with Crippen molar-refractivity contribution in [2.24, 2.45) is 0 Å². The van der Waals surface area contributed by atoms with Gasteiger partial charge in [0.2, 0.25) is 11.8 Å². The maximum Gasteiger partial charge on any atom is 0.237 e. The molecule has 1 fully saturated rings. The number of benzene rings is 2. The number of nitrogens with zero attached hydrogens (tertiary/aromatic N) is 2. The van der Waals surface area contributed by atoms with Gasteiger partial charge in [-0.3, -0.25) is 14.5 Å². The van der Waals surface area contributed by atoms with E-state index in [0.29, 0.717) is 26.2 Å². The van der Waals surface area contributed by atoms with Crippen molar-refractivity contribution in [3.8, 4) is 5.75 Å². The average molecular weight is 437 g/mol. The fraction of sp³-hybridized carbons (Fsp3) is 0.440. The zero-order valence-corrected chi connectivity index (χ0v) is 18.7. The van der Waals surface area contributed by atoms with E-state index in [9.17, 15) is 9.59 Å². The van der Waals surface area contributed by atoms with Crippen LogP contribution in [0.1, 0.15) is 24.0 Å². The third-order valence-corrected chi connectivity index (χ3v) is 6.30. The van der Waals surface area contributed by atoms with E-state index in [4.69, 9.17) is 4.74 Å². The molecular weight excluding hydrogens is 404 g/mol. The maximum atomic E-state index is 12.6. The van der Waals surface area contributed by atoms with Gasteiger partial charge in [0.05, 0.1) is 19.6 Å². The smallest absolute Gasteiger partial charge is 0.237 e. The molecule has 170 valence electrons. The first kappa shape index (κ1) is 22.1. The number of para-hydroxylation sites is 2. The van der Waals surface area contributed by atoms with Gasteiger partial charge in [-0.2, -0.15) is 0 Å². The van der Waals surface area contributed by atoms with Crippen LogP contribution in [-0.2, 0) is 22.6 Å². The van der Waals surface area contributed by atoms with Gasteiger partial charge in [-0.25, -0.2) is 0 Å². The third kappa shape index (κ3) is 5.22. The van der Waals surface area contributed by atoms with Crippen molar-refractivity contribution in [3.05, 3.63) is 59.7 Å². The lowest BCUT2D eigenvalue weighted by Crippen LogP contribution is -2.56. The van der Waals surface area contributed by atoms with Gasteiger partial charge < -0.3 is 20.3 Å². The van der Waals surface area contributed by atoms with Crippen molar-refractivity contribution in [3.63, 3.8) is 0 Å². The second-order valence-corrected chi connectivity index (χ2v) is 8.36. The molecule has 2 amide bonds. The first-order valence-corrected chi connectivity index (χ1v) is 11.4. The number of hydrogen-bond donors (Lipinski definition) is 2. The first-order chi connectivity index (χ1) is 15.7. The topological polar surface area (TPSA) is 73.9 Å². The summed E-state index contributed by atoms with van der Waals surface area (Å²) >= 11 is 0. The number of nitrogens with one attached hydrogen (secondary N) is 2. The van der Waals surface area contributed by atoms with Crippen LogP contribution in [0.15, 0.2) is 48.5 Å². The summed E-state index contributed by atoms with van der Waals surface area (Å²) in [5, 5.41) is 5.91. The Bertz CT molecular complexity index is 948. The zero-order valence-electron chi connectivity index (χ0n) is 18.7. The zero-order chi connectivity index (χ0) is 22.3. The molecule has 1 atom stereocenters. The summed E-state index contributed by atoms with van der Waals surface area (Å²) < 4.78 is 5.45. The van der Waals surface area contributed by atoms with E-state index in [2.05, 4.69) is 44.7 Å². The molecule has 1 saturated heterocycles. The van der Waals surface area contributed by atoms with Crippen molar-refractivity contribution in [1.82, 2.24) is 15.5 Å². The molecule has 7 nitrogen and oxygen atoms in total. The summed E-state index contributed by atoms with van der Waals surface area (Å²) in [4.78, 5) is 29.6. The molecule has 0 unspecified atom stereocenters. The Labute approximate surface area is 189 Å². The van der Waals surface area contributed by atoms with Crippen LogP contribution in [0.4, 0.5) is 5.69 Å². The largest absolute Gasteiger partial charge is 0.496 e. The molecule has 0 bridgehead atoms. The number of carbonyl (C=O) groups is 2. The van der Waals surface area contributed by atoms with Crippen LogP contribution in [0.2, 0.25) is 0 Å². The summed E-state index contributed by atoms with van der Waals surface area (Å²) in [6.07, 6.45) is 2.12. The average Bonchev–Trinajstić information content (AvgIpc) is 3.22. The molecule has 2 aliphatic heterocycles. The number of hydrogen-bond acceptors (Lipinski definition) is 5. The quantitative estimate of drug-likeness (QED) is 0.588. The van der Waals surface area contributed by atoms with E-state index in [1.807, 2.05) is 24.3 Å². The van der Waals surface area contributed by atoms with Gasteiger partial charge >= 0.3 is 0 Å². The predicted molar refractivity (Wildman–Crippen MR) is 125 cm³/mol. The Morgan fingerprint density at radius 1 is 1.16 bits per heavy atom. The molecule has 0 saturated carbocycles. The highest BCUT2D eigenvalue weighted by atomic mass is 16.5. The van der Waals surface area contributed by atoms with Crippen molar-refractivity contribution in [2.45, 2.75) is 31.8 Å². The molecule has 2 N–H and O–H groups in total. The number of ether oxygens (including phenoxy) is 1. The van der Waals surface area contributed by atoms with Crippen LogP contribution in [-0.4, -0.2) is 62.6 Å². The summed E-state index contributed by atoms with van der Waals surface area (Å²) in [6.45, 7) is 4.43. The number of piperazine rings is 1. The highest BCUT2D eigenvalue weighted by Gasteiger charge is 2.32. The number of fused-ring (bicyclic) bond motifs is 1. The number of amides is 2. The molecule has 4 rings (SSSR count). The Kier molecular flexibility index (Phi) is 7.27. The molecular formula is C25H32N4O3. The van der Waals surface area contributed by atoms with Gasteiger partial charge in [-0.15, -0.1) is 0 Å². The lowest BCUT2D eigenvalue weighted by Gasteiger charge is -2.35. The monoisotopic (exact) mass is 436 g/mol. The molecule has 2 aliphatic rings. The van der Waals surface area contributed by atoms with E-state index in [1.165, 1.54) is 11.3 Å². The second kappa shape index (κ2) is 10.5. The minimum atomic E-state index is -0.473. The third-order valence-electron chi connectivity index (χ3n) is 6.30. The fourth-order valence-electron chi connectivity index (χ4n) is 4.61. The van der Waals surface area contributed by atoms with Crippen molar-refractivity contribution < 1.29 is 14.3 Å². The van der Waals surface area contributed by atoms with E-state index in [-0.39, 0.29) is 18.2 Å². The van der Waals surface area contributed by atoms with Crippen molar-refractivity contribution in [1.29, 1.82) is 0 Å². The van der Waals surface area contributed by atoms with Gasteiger partial charge in [0, 0.05) is 50.5 Å². The van der Waals surface area contributed by atoms with Gasteiger partial charge in [-0.1, -0.05) is 36.4 Å². The molecule has 7 heteroatoms. The Balaban J connectivity index is 1.26. The maximum absolute atomic E-state index is 12.6. The molecule has 32 heavy (non-hydrogen) atoms. The second-order valence-electron chi connectivity index (χ2n) is 8.36. The summed E-state index contributed by atoms with van der Waals surface area (Å²) in [5.74, 6) is 0.624. The van der Waals surface area contributed by atoms with E-state index >= 15 is 0 Å². The van der Waals surface area contributed by atoms with Crippen molar-refractivity contribution in [2.75, 3.05) is 44.7 Å². The summed E-state index contributed by atoms with van der Waals surface area (Å²) in [6, 6.07) is 15.8. The number of methoxy groups -OCH3 is 1. The van der Waals surface area contributed by atoms with Gasteiger partial charge in [0.25, 0.3) is 0 Å². The van der Waals surface area contributed by atoms with Crippen LogP contribution in [0.25, 0.3) is 0 Å². The number of rotatable bonds is 9. The van der Waals surface area contributed by atoms with Crippen LogP contribution >= 0.6 is 0 Å². The normalized spacial score (nSPS) is 18.2. The molecule has 0 aliphatic carbocycles. The Morgan fingerprint density at radius 3 is 2.84 bits per heavy atom. The van der Waals surface area contributed by atoms with Crippen LogP contribution in [0.3, 0.4) is 0 Å². The lowest BCUT2D eigenvalue weighted by molar-refractivity contribution is -0.134. The van der Waals surface area contributed by atoms with Crippen LogP contribution < -0.4 is 20.3 Å². The number of anilines is 1. The summed E-state index contributed by atoms with van der Waals surface area (Å²) in [5.41, 5.74) is 3.72. The highest BCUT2D eigenvalue weighted by molar-refractivity contribution is 5.88. The van der Waals surface area contributed by atoms with E-state index in [0.717, 1.165) is 37.2 Å². The fourth-order valence-corrected chi connectivity index (χ4v) is 4.61. The summed E-state index contributed by atoms with van der Waals surface area (Å²) in [7, 11) is 1.65. The molecule has 2 aromatic carbocycles. The highest BCUT2D eigenvalue weighted by Crippen LogP contribution is 2.27. The minimum Gasteiger partial charge on any atom is -0.496 e. The SMILES string of the molecule is COc1ccccc1CN1CCNC(=O)[C@H]1CC(=O)NCCCN1CCc2ccccc21. The molecule has 0 radical (unpaired) electrons. The molecule has 0 aromatic heterocycles. The van der Waals surface area contributed by atoms with Crippen LogP contribution in [0, 0.1) is 0 Å².